The van der Waals surface area contributed by atoms with Crippen LogP contribution in [0.3, 0.4) is 0 Å². The highest BCUT2D eigenvalue weighted by Crippen LogP contribution is 2.75. The number of rotatable bonds is 2. The summed E-state index contributed by atoms with van der Waals surface area (Å²) in [6, 6.07) is 0. The number of allylic oxidation sites excluding steroid dienone is 2. The molecule has 0 spiro atoms. The molecule has 0 saturated heterocycles. The Morgan fingerprint density at radius 1 is 0.943 bits per heavy atom. The van der Waals surface area contributed by atoms with Gasteiger partial charge in [-0.25, -0.2) is 0 Å². The molecule has 5 nitrogen and oxygen atoms in total. The molecule has 0 aliphatic heterocycles. The molecule has 5 aliphatic rings. The van der Waals surface area contributed by atoms with Crippen LogP contribution in [0.1, 0.15) is 99.3 Å². The van der Waals surface area contributed by atoms with E-state index in [1.807, 2.05) is 6.92 Å². The van der Waals surface area contributed by atoms with E-state index < -0.39 is 29.0 Å². The van der Waals surface area contributed by atoms with Gasteiger partial charge in [0.1, 0.15) is 0 Å². The maximum atomic E-state index is 12.8. The van der Waals surface area contributed by atoms with Gasteiger partial charge in [-0.1, -0.05) is 53.2 Å². The quantitative estimate of drug-likeness (QED) is 0.402. The van der Waals surface area contributed by atoms with Crippen molar-refractivity contribution in [2.75, 3.05) is 6.61 Å². The number of carbonyl (C=O) groups is 1. The number of carboxylic acids is 1. The van der Waals surface area contributed by atoms with E-state index in [2.05, 4.69) is 40.7 Å². The zero-order valence-electron chi connectivity index (χ0n) is 22.7. The van der Waals surface area contributed by atoms with E-state index in [0.29, 0.717) is 12.3 Å². The predicted octanol–water partition coefficient (Wildman–Crippen LogP) is 5.18. The molecule has 0 aromatic rings. The van der Waals surface area contributed by atoms with Gasteiger partial charge in [-0.2, -0.15) is 0 Å². The fourth-order valence-electron chi connectivity index (χ4n) is 10.8. The minimum atomic E-state index is -0.907. The second kappa shape index (κ2) is 7.57. The van der Waals surface area contributed by atoms with Gasteiger partial charge in [-0.3, -0.25) is 4.79 Å². The Hall–Kier alpha value is -0.910. The third-order valence-electron chi connectivity index (χ3n) is 13.2. The molecule has 35 heavy (non-hydrogen) atoms. The van der Waals surface area contributed by atoms with Crippen LogP contribution in [0, 0.1) is 50.2 Å². The van der Waals surface area contributed by atoms with E-state index >= 15 is 0 Å². The molecular weight excluding hydrogens is 440 g/mol. The molecule has 4 saturated carbocycles. The monoisotopic (exact) mass is 488 g/mol. The van der Waals surface area contributed by atoms with Gasteiger partial charge < -0.3 is 20.4 Å². The molecule has 0 unspecified atom stereocenters. The second-order valence-electron chi connectivity index (χ2n) is 15.1. The fourth-order valence-corrected chi connectivity index (χ4v) is 10.8. The van der Waals surface area contributed by atoms with Gasteiger partial charge in [0.25, 0.3) is 0 Å². The normalized spacial score (nSPS) is 55.0. The highest BCUT2D eigenvalue weighted by Gasteiger charge is 2.70. The van der Waals surface area contributed by atoms with Crippen molar-refractivity contribution in [2.24, 2.45) is 50.2 Å². The smallest absolute Gasteiger partial charge is 0.310 e. The number of aliphatic carboxylic acids is 1. The molecule has 0 amide bonds. The van der Waals surface area contributed by atoms with Gasteiger partial charge in [0, 0.05) is 5.41 Å². The highest BCUT2D eigenvalue weighted by atomic mass is 16.4. The summed E-state index contributed by atoms with van der Waals surface area (Å²) in [4.78, 5) is 12.8. The zero-order valence-corrected chi connectivity index (χ0v) is 22.7. The lowest BCUT2D eigenvalue weighted by Gasteiger charge is -2.71. The third-order valence-corrected chi connectivity index (χ3v) is 13.2. The first kappa shape index (κ1) is 25.7. The van der Waals surface area contributed by atoms with E-state index in [4.69, 9.17) is 0 Å². The molecule has 0 heterocycles. The number of fused-ring (bicyclic) bond motifs is 7. The van der Waals surface area contributed by atoms with E-state index in [1.165, 1.54) is 5.57 Å². The van der Waals surface area contributed by atoms with Crippen LogP contribution >= 0.6 is 0 Å². The largest absolute Gasteiger partial charge is 0.481 e. The van der Waals surface area contributed by atoms with E-state index in [-0.39, 0.29) is 40.1 Å². The Labute approximate surface area is 211 Å². The molecule has 10 atom stereocenters. The average Bonchev–Trinajstić information content (AvgIpc) is 2.77. The minimum absolute atomic E-state index is 0.00698. The summed E-state index contributed by atoms with van der Waals surface area (Å²) in [5.41, 5.74) is -0.0632. The van der Waals surface area contributed by atoms with Gasteiger partial charge in [0.05, 0.1) is 24.2 Å². The highest BCUT2D eigenvalue weighted by molar-refractivity contribution is 5.76. The van der Waals surface area contributed by atoms with Crippen LogP contribution in [0.2, 0.25) is 0 Å². The molecule has 5 heteroatoms. The lowest BCUT2D eigenvalue weighted by atomic mass is 9.33. The van der Waals surface area contributed by atoms with Crippen molar-refractivity contribution in [1.82, 2.24) is 0 Å². The summed E-state index contributed by atoms with van der Waals surface area (Å²) < 4.78 is 0. The molecule has 0 aromatic heterocycles. The van der Waals surface area contributed by atoms with Crippen LogP contribution in [0.4, 0.5) is 0 Å². The number of hydrogen-bond acceptors (Lipinski definition) is 4. The first-order chi connectivity index (χ1) is 16.1. The van der Waals surface area contributed by atoms with E-state index in [1.54, 1.807) is 0 Å². The molecule has 0 bridgehead atoms. The summed E-state index contributed by atoms with van der Waals surface area (Å²) >= 11 is 0. The Morgan fingerprint density at radius 3 is 2.23 bits per heavy atom. The maximum absolute atomic E-state index is 12.8. The van der Waals surface area contributed by atoms with Crippen LogP contribution in [0.15, 0.2) is 11.6 Å². The van der Waals surface area contributed by atoms with Crippen molar-refractivity contribution >= 4 is 5.97 Å². The van der Waals surface area contributed by atoms with Gasteiger partial charge in [0.2, 0.25) is 0 Å². The van der Waals surface area contributed by atoms with Gasteiger partial charge in [-0.05, 0) is 97.2 Å². The SMILES string of the molecule is CC1(C)CC[C@]2(C(=O)O)CC[C@]3(C)C(=CC[C@H]4[C@@]5(C)C[C@@H](O)[C@@H](O)[C@@](C)(CO)[C@H]5CC[C@]43C)[C@H]2C1. The van der Waals surface area contributed by atoms with Crippen molar-refractivity contribution in [3.8, 4) is 0 Å². The lowest BCUT2D eigenvalue weighted by molar-refractivity contribution is -0.243. The molecule has 5 aliphatic carbocycles. The Kier molecular flexibility index (Phi) is 5.56. The summed E-state index contributed by atoms with van der Waals surface area (Å²) in [6.45, 7) is 13.6. The molecule has 198 valence electrons. The van der Waals surface area contributed by atoms with Crippen LogP contribution in [-0.4, -0.2) is 45.2 Å². The maximum Gasteiger partial charge on any atom is 0.310 e. The standard InChI is InChI=1S/C30H48O5/c1-25(2)11-13-30(24(34)35)14-12-28(5)18(19(30)15-25)7-8-22-26(3)16-20(32)23(33)27(4,17-31)21(26)9-10-29(22,28)6/h7,19-23,31-33H,8-17H2,1-6H3,(H,34,35)/t19-,20-,21+,22+,23-,26+,27+,28-,29-,30+/m1/s1. The summed E-state index contributed by atoms with van der Waals surface area (Å²) in [5, 5.41) is 42.8. The Balaban J connectivity index is 1.61. The van der Waals surface area contributed by atoms with Crippen LogP contribution < -0.4 is 0 Å². The average molecular weight is 489 g/mol. The van der Waals surface area contributed by atoms with Crippen LogP contribution in [0.5, 0.6) is 0 Å². The minimum Gasteiger partial charge on any atom is -0.481 e. The van der Waals surface area contributed by atoms with Crippen molar-refractivity contribution in [3.05, 3.63) is 11.6 Å². The molecule has 0 radical (unpaired) electrons. The molecule has 5 rings (SSSR count). The topological polar surface area (TPSA) is 98.0 Å². The zero-order chi connectivity index (χ0) is 25.8. The predicted molar refractivity (Wildman–Crippen MR) is 135 cm³/mol. The Morgan fingerprint density at radius 2 is 1.60 bits per heavy atom. The third kappa shape index (κ3) is 3.07. The summed E-state index contributed by atoms with van der Waals surface area (Å²) in [6.07, 6.45) is 8.40. The van der Waals surface area contributed by atoms with Crippen molar-refractivity contribution < 1.29 is 25.2 Å². The number of hydrogen-bond donors (Lipinski definition) is 4. The molecular formula is C30H48O5. The van der Waals surface area contributed by atoms with E-state index in [9.17, 15) is 25.2 Å². The van der Waals surface area contributed by atoms with Gasteiger partial charge in [-0.15, -0.1) is 0 Å². The number of aliphatic hydroxyl groups excluding tert-OH is 3. The van der Waals surface area contributed by atoms with Crippen molar-refractivity contribution in [1.29, 1.82) is 0 Å². The number of carboxylic acid groups (broad SMARTS) is 1. The summed E-state index contributed by atoms with van der Waals surface area (Å²) in [7, 11) is 0. The van der Waals surface area contributed by atoms with Gasteiger partial charge >= 0.3 is 5.97 Å². The first-order valence-electron chi connectivity index (χ1n) is 14.0. The number of aliphatic hydroxyl groups is 3. The fraction of sp³-hybridized carbons (Fsp3) is 0.900. The second-order valence-corrected chi connectivity index (χ2v) is 15.1. The van der Waals surface area contributed by atoms with Crippen LogP contribution in [-0.2, 0) is 4.79 Å². The van der Waals surface area contributed by atoms with Crippen molar-refractivity contribution in [2.45, 2.75) is 112 Å². The van der Waals surface area contributed by atoms with Crippen LogP contribution in [0.25, 0.3) is 0 Å². The lowest BCUT2D eigenvalue weighted by Crippen LogP contribution is -2.68. The molecule has 4 fully saturated rings. The van der Waals surface area contributed by atoms with Gasteiger partial charge in [0.15, 0.2) is 0 Å². The first-order valence-corrected chi connectivity index (χ1v) is 14.0. The van der Waals surface area contributed by atoms with Crippen molar-refractivity contribution in [3.63, 3.8) is 0 Å². The molecule has 4 N–H and O–H groups in total. The van der Waals surface area contributed by atoms with E-state index in [0.717, 1.165) is 51.4 Å². The Bertz CT molecular complexity index is 941. The molecule has 0 aromatic carbocycles. The summed E-state index contributed by atoms with van der Waals surface area (Å²) in [5.74, 6) is -0.0472.